The van der Waals surface area contributed by atoms with E-state index in [1.807, 2.05) is 0 Å². The Morgan fingerprint density at radius 2 is 1.83 bits per heavy atom. The van der Waals surface area contributed by atoms with Gasteiger partial charge in [-0.3, -0.25) is 4.90 Å². The zero-order valence-electron chi connectivity index (χ0n) is 14.4. The van der Waals surface area contributed by atoms with Crippen molar-refractivity contribution in [2.24, 2.45) is 5.92 Å². The van der Waals surface area contributed by atoms with Crippen molar-refractivity contribution < 1.29 is 13.5 Å². The Morgan fingerprint density at radius 1 is 1.17 bits per heavy atom. The lowest BCUT2D eigenvalue weighted by atomic mass is 9.97. The summed E-state index contributed by atoms with van der Waals surface area (Å²) in [6.45, 7) is 6.13. The molecule has 0 saturated carbocycles. The number of sulfone groups is 1. The minimum Gasteiger partial charge on any atom is -0.387 e. The highest BCUT2D eigenvalue weighted by atomic mass is 32.2. The third-order valence-electron chi connectivity index (χ3n) is 4.78. The van der Waals surface area contributed by atoms with Gasteiger partial charge in [0, 0.05) is 18.8 Å². The standard InChI is InChI=1S/C18H29NO3S/c1-14(2)17-7-5-4-6-12-19(17)13-18(20)15-8-10-16(11-9-15)23(3,21)22/h8-11,14,17-18,20H,4-7,12-13H2,1-3H3. The van der Waals surface area contributed by atoms with Crippen molar-refractivity contribution in [2.45, 2.75) is 56.6 Å². The molecule has 0 aliphatic carbocycles. The first-order valence-electron chi connectivity index (χ1n) is 8.51. The maximum Gasteiger partial charge on any atom is 0.175 e. The second kappa shape index (κ2) is 7.77. The Balaban J connectivity index is 2.08. The summed E-state index contributed by atoms with van der Waals surface area (Å²) in [7, 11) is -3.19. The van der Waals surface area contributed by atoms with Crippen molar-refractivity contribution in [1.29, 1.82) is 0 Å². The zero-order valence-corrected chi connectivity index (χ0v) is 15.2. The molecule has 0 radical (unpaired) electrons. The van der Waals surface area contributed by atoms with Crippen LogP contribution >= 0.6 is 0 Å². The van der Waals surface area contributed by atoms with Crippen molar-refractivity contribution in [3.8, 4) is 0 Å². The van der Waals surface area contributed by atoms with Crippen LogP contribution < -0.4 is 0 Å². The van der Waals surface area contributed by atoms with E-state index >= 15 is 0 Å². The molecule has 0 amide bonds. The predicted octanol–water partition coefficient (Wildman–Crippen LogP) is 3.02. The van der Waals surface area contributed by atoms with Crippen molar-refractivity contribution in [1.82, 2.24) is 4.90 Å². The number of aliphatic hydroxyl groups is 1. The molecule has 1 N–H and O–H groups in total. The van der Waals surface area contributed by atoms with Gasteiger partial charge in [-0.1, -0.05) is 38.8 Å². The van der Waals surface area contributed by atoms with Crippen LogP contribution in [0.15, 0.2) is 29.2 Å². The number of hydrogen-bond donors (Lipinski definition) is 1. The largest absolute Gasteiger partial charge is 0.387 e. The fourth-order valence-electron chi connectivity index (χ4n) is 3.44. The van der Waals surface area contributed by atoms with Gasteiger partial charge >= 0.3 is 0 Å². The van der Waals surface area contributed by atoms with Gasteiger partial charge in [0.25, 0.3) is 0 Å². The molecule has 1 aromatic carbocycles. The molecular formula is C18H29NO3S. The molecule has 2 unspecified atom stereocenters. The molecule has 0 aromatic heterocycles. The molecule has 2 rings (SSSR count). The summed E-state index contributed by atoms with van der Waals surface area (Å²) >= 11 is 0. The monoisotopic (exact) mass is 339 g/mol. The van der Waals surface area contributed by atoms with Crippen molar-refractivity contribution in [3.05, 3.63) is 29.8 Å². The second-order valence-corrected chi connectivity index (χ2v) is 9.03. The highest BCUT2D eigenvalue weighted by molar-refractivity contribution is 7.90. The Kier molecular flexibility index (Phi) is 6.23. The normalized spacial score (nSPS) is 22.0. The Hall–Kier alpha value is -0.910. The van der Waals surface area contributed by atoms with Crippen LogP contribution in [0.2, 0.25) is 0 Å². The summed E-state index contributed by atoms with van der Waals surface area (Å²) in [4.78, 5) is 2.70. The lowest BCUT2D eigenvalue weighted by Gasteiger charge is -2.34. The predicted molar refractivity (Wildman–Crippen MR) is 93.2 cm³/mol. The third kappa shape index (κ3) is 5.03. The van der Waals surface area contributed by atoms with Gasteiger partial charge in [-0.15, -0.1) is 0 Å². The zero-order chi connectivity index (χ0) is 17.0. The van der Waals surface area contributed by atoms with Crippen LogP contribution in [-0.2, 0) is 9.84 Å². The molecule has 0 spiro atoms. The molecule has 1 fully saturated rings. The van der Waals surface area contributed by atoms with Gasteiger partial charge < -0.3 is 5.11 Å². The Bertz CT molecular complexity index is 595. The number of benzene rings is 1. The van der Waals surface area contributed by atoms with E-state index in [1.165, 1.54) is 31.9 Å². The van der Waals surface area contributed by atoms with Crippen LogP contribution in [0.25, 0.3) is 0 Å². The van der Waals surface area contributed by atoms with Gasteiger partial charge in [-0.2, -0.15) is 0 Å². The minimum atomic E-state index is -3.19. The molecule has 2 atom stereocenters. The first-order chi connectivity index (χ1) is 10.8. The average molecular weight is 340 g/mol. The van der Waals surface area contributed by atoms with Crippen LogP contribution in [0.5, 0.6) is 0 Å². The lowest BCUT2D eigenvalue weighted by Crippen LogP contribution is -2.41. The van der Waals surface area contributed by atoms with Crippen molar-refractivity contribution in [3.63, 3.8) is 0 Å². The van der Waals surface area contributed by atoms with Crippen LogP contribution in [-0.4, -0.2) is 43.8 Å². The summed E-state index contributed by atoms with van der Waals surface area (Å²) in [6.07, 6.45) is 5.52. The Labute approximate surface area is 140 Å². The van der Waals surface area contributed by atoms with E-state index in [0.717, 1.165) is 12.1 Å². The molecule has 1 heterocycles. The fourth-order valence-corrected chi connectivity index (χ4v) is 4.07. The van der Waals surface area contributed by atoms with Crippen molar-refractivity contribution in [2.75, 3.05) is 19.3 Å². The second-order valence-electron chi connectivity index (χ2n) is 7.01. The molecular weight excluding hydrogens is 310 g/mol. The van der Waals surface area contributed by atoms with Gasteiger partial charge in [-0.25, -0.2) is 8.42 Å². The lowest BCUT2D eigenvalue weighted by molar-refractivity contribution is 0.0724. The van der Waals surface area contributed by atoms with E-state index < -0.39 is 15.9 Å². The summed E-state index contributed by atoms with van der Waals surface area (Å²) in [5.41, 5.74) is 0.782. The molecule has 1 aliphatic heterocycles. The number of hydrogen-bond acceptors (Lipinski definition) is 4. The van der Waals surface area contributed by atoms with Gasteiger partial charge in [0.2, 0.25) is 0 Å². The Morgan fingerprint density at radius 3 is 2.39 bits per heavy atom. The summed E-state index contributed by atoms with van der Waals surface area (Å²) in [5.74, 6) is 0.577. The quantitative estimate of drug-likeness (QED) is 0.896. The van der Waals surface area contributed by atoms with Gasteiger partial charge in [0.05, 0.1) is 11.0 Å². The topological polar surface area (TPSA) is 57.6 Å². The minimum absolute atomic E-state index is 0.295. The smallest absolute Gasteiger partial charge is 0.175 e. The highest BCUT2D eigenvalue weighted by Gasteiger charge is 2.25. The van der Waals surface area contributed by atoms with Crippen LogP contribution in [0.3, 0.4) is 0 Å². The number of β-amino-alcohol motifs (C(OH)–C–C–N with tert-alkyl or cyclic N) is 1. The van der Waals surface area contributed by atoms with Gasteiger partial charge in [-0.05, 0) is 43.0 Å². The molecule has 23 heavy (non-hydrogen) atoms. The highest BCUT2D eigenvalue weighted by Crippen LogP contribution is 2.25. The molecule has 4 nitrogen and oxygen atoms in total. The summed E-state index contributed by atoms with van der Waals surface area (Å²) in [6, 6.07) is 7.13. The van der Waals surface area contributed by atoms with Gasteiger partial charge in [0.1, 0.15) is 0 Å². The van der Waals surface area contributed by atoms with Crippen molar-refractivity contribution >= 4 is 9.84 Å². The van der Waals surface area contributed by atoms with Crippen LogP contribution in [0.4, 0.5) is 0 Å². The number of aliphatic hydroxyl groups excluding tert-OH is 1. The number of nitrogens with zero attached hydrogens (tertiary/aromatic N) is 1. The molecule has 0 bridgehead atoms. The number of rotatable bonds is 5. The van der Waals surface area contributed by atoms with Crippen LogP contribution in [0, 0.1) is 5.92 Å². The summed E-state index contributed by atoms with van der Waals surface area (Å²) in [5, 5.41) is 10.6. The van der Waals surface area contributed by atoms with E-state index in [-0.39, 0.29) is 0 Å². The van der Waals surface area contributed by atoms with Gasteiger partial charge in [0.15, 0.2) is 9.84 Å². The number of likely N-dealkylation sites (tertiary alicyclic amines) is 1. The van der Waals surface area contributed by atoms with E-state index in [9.17, 15) is 13.5 Å². The first kappa shape index (κ1) is 18.4. The molecule has 1 aromatic rings. The average Bonchev–Trinajstić information content (AvgIpc) is 2.72. The van der Waals surface area contributed by atoms with E-state index in [0.29, 0.717) is 23.4 Å². The SMILES string of the molecule is CC(C)C1CCCCCN1CC(O)c1ccc(S(C)(=O)=O)cc1. The van der Waals surface area contributed by atoms with E-state index in [1.54, 1.807) is 24.3 Å². The maximum atomic E-state index is 11.5. The molecule has 130 valence electrons. The molecule has 1 saturated heterocycles. The van der Waals surface area contributed by atoms with Crippen LogP contribution in [0.1, 0.15) is 51.2 Å². The maximum absolute atomic E-state index is 11.5. The molecule has 5 heteroatoms. The van der Waals surface area contributed by atoms with E-state index in [4.69, 9.17) is 0 Å². The third-order valence-corrected chi connectivity index (χ3v) is 5.91. The summed E-state index contributed by atoms with van der Waals surface area (Å²) < 4.78 is 23.0. The first-order valence-corrected chi connectivity index (χ1v) is 10.4. The van der Waals surface area contributed by atoms with E-state index in [2.05, 4.69) is 18.7 Å². The fraction of sp³-hybridized carbons (Fsp3) is 0.667. The molecule has 1 aliphatic rings.